The fourth-order valence-corrected chi connectivity index (χ4v) is 3.33. The van der Waals surface area contributed by atoms with Gasteiger partial charge in [-0.2, -0.15) is 0 Å². The predicted octanol–water partition coefficient (Wildman–Crippen LogP) is -0.437. The molecular formula is C14H20N2O6. The number of fused-ring (bicyclic) bond motifs is 2. The number of rotatable bonds is 4. The van der Waals surface area contributed by atoms with Crippen LogP contribution in [0.25, 0.3) is 0 Å². The van der Waals surface area contributed by atoms with E-state index < -0.39 is 29.2 Å². The van der Waals surface area contributed by atoms with Crippen molar-refractivity contribution in [2.24, 2.45) is 0 Å². The molecule has 8 heteroatoms. The highest BCUT2D eigenvalue weighted by Gasteiger charge is 2.59. The summed E-state index contributed by atoms with van der Waals surface area (Å²) >= 11 is 0. The average Bonchev–Trinajstić information content (AvgIpc) is 2.65. The summed E-state index contributed by atoms with van der Waals surface area (Å²) in [4.78, 5) is 25.9. The Balaban J connectivity index is 2.04. The van der Waals surface area contributed by atoms with Crippen molar-refractivity contribution in [3.8, 4) is 0 Å². The molecule has 122 valence electrons. The Hall–Kier alpha value is -1.48. The van der Waals surface area contributed by atoms with Crippen molar-refractivity contribution in [2.45, 2.75) is 37.4 Å². The SMILES string of the molecule is COC[C@@]12CCO[C@@H](C1OC)[C@H](n1cc(C)c(=O)[nH]c1=O)O2. The zero-order valence-electron chi connectivity index (χ0n) is 12.8. The number of methoxy groups -OCH3 is 2. The highest BCUT2D eigenvalue weighted by atomic mass is 16.6. The summed E-state index contributed by atoms with van der Waals surface area (Å²) in [6.07, 6.45) is 0.667. The van der Waals surface area contributed by atoms with Crippen LogP contribution in [0.5, 0.6) is 0 Å². The van der Waals surface area contributed by atoms with E-state index >= 15 is 0 Å². The quantitative estimate of drug-likeness (QED) is 0.810. The second-order valence-corrected chi connectivity index (χ2v) is 5.73. The Morgan fingerprint density at radius 3 is 2.91 bits per heavy atom. The van der Waals surface area contributed by atoms with Gasteiger partial charge in [0.2, 0.25) is 0 Å². The van der Waals surface area contributed by atoms with Gasteiger partial charge in [-0.25, -0.2) is 4.79 Å². The summed E-state index contributed by atoms with van der Waals surface area (Å²) in [7, 11) is 3.18. The van der Waals surface area contributed by atoms with Crippen molar-refractivity contribution < 1.29 is 18.9 Å². The molecule has 1 aromatic rings. The minimum atomic E-state index is -0.661. The average molecular weight is 312 g/mol. The van der Waals surface area contributed by atoms with Gasteiger partial charge in [0.1, 0.15) is 17.8 Å². The van der Waals surface area contributed by atoms with E-state index in [1.165, 1.54) is 10.8 Å². The Labute approximate surface area is 126 Å². The highest BCUT2D eigenvalue weighted by Crippen LogP contribution is 2.45. The maximum absolute atomic E-state index is 12.1. The molecule has 0 radical (unpaired) electrons. The summed E-state index contributed by atoms with van der Waals surface area (Å²) in [6.45, 7) is 2.48. The van der Waals surface area contributed by atoms with Gasteiger partial charge in [0, 0.05) is 32.4 Å². The fourth-order valence-electron chi connectivity index (χ4n) is 3.33. The molecule has 1 unspecified atom stereocenters. The molecule has 3 rings (SSSR count). The van der Waals surface area contributed by atoms with Gasteiger partial charge in [0.15, 0.2) is 6.23 Å². The molecule has 0 saturated carbocycles. The molecule has 2 aliphatic rings. The van der Waals surface area contributed by atoms with Crippen LogP contribution < -0.4 is 11.2 Å². The van der Waals surface area contributed by atoms with Crippen LogP contribution in [0, 0.1) is 6.92 Å². The van der Waals surface area contributed by atoms with Gasteiger partial charge < -0.3 is 18.9 Å². The molecule has 0 amide bonds. The molecule has 2 saturated heterocycles. The van der Waals surface area contributed by atoms with Crippen molar-refractivity contribution in [3.05, 3.63) is 32.6 Å². The number of nitrogens with one attached hydrogen (secondary N) is 1. The molecular weight excluding hydrogens is 292 g/mol. The number of aromatic nitrogens is 2. The number of H-pyrrole nitrogens is 1. The van der Waals surface area contributed by atoms with Gasteiger partial charge in [0.05, 0.1) is 13.2 Å². The molecule has 2 aliphatic heterocycles. The first kappa shape index (κ1) is 15.4. The van der Waals surface area contributed by atoms with Crippen LogP contribution in [0.4, 0.5) is 0 Å². The lowest BCUT2D eigenvalue weighted by Crippen LogP contribution is -2.52. The molecule has 0 spiro atoms. The van der Waals surface area contributed by atoms with Crippen LogP contribution >= 0.6 is 0 Å². The zero-order valence-corrected chi connectivity index (χ0v) is 12.8. The summed E-state index contributed by atoms with van der Waals surface area (Å²) in [5.41, 5.74) is -1.16. The van der Waals surface area contributed by atoms with Crippen LogP contribution in [-0.2, 0) is 18.9 Å². The molecule has 0 aromatic carbocycles. The summed E-state index contributed by atoms with van der Waals surface area (Å²) < 4.78 is 24.1. The van der Waals surface area contributed by atoms with Crippen LogP contribution in [-0.4, -0.2) is 54.8 Å². The van der Waals surface area contributed by atoms with E-state index in [9.17, 15) is 9.59 Å². The normalized spacial score (nSPS) is 34.0. The van der Waals surface area contributed by atoms with E-state index in [2.05, 4.69) is 4.98 Å². The maximum atomic E-state index is 12.1. The van der Waals surface area contributed by atoms with Gasteiger partial charge in [-0.15, -0.1) is 0 Å². The first-order valence-corrected chi connectivity index (χ1v) is 7.15. The van der Waals surface area contributed by atoms with Crippen molar-refractivity contribution >= 4 is 0 Å². The summed E-state index contributed by atoms with van der Waals surface area (Å²) in [6, 6.07) is 0. The zero-order chi connectivity index (χ0) is 15.9. The molecule has 2 fully saturated rings. The second kappa shape index (κ2) is 5.62. The summed E-state index contributed by atoms with van der Waals surface area (Å²) in [5, 5.41) is 0. The molecule has 1 N–H and O–H groups in total. The Kier molecular flexibility index (Phi) is 3.94. The molecule has 0 aliphatic carbocycles. The van der Waals surface area contributed by atoms with Gasteiger partial charge in [-0.05, 0) is 6.92 Å². The minimum absolute atomic E-state index is 0.342. The molecule has 2 bridgehead atoms. The summed E-state index contributed by atoms with van der Waals surface area (Å²) in [5.74, 6) is 0. The number of aryl methyl sites for hydroxylation is 1. The molecule has 1 aromatic heterocycles. The first-order valence-electron chi connectivity index (χ1n) is 7.15. The predicted molar refractivity (Wildman–Crippen MR) is 75.9 cm³/mol. The standard InChI is InChI=1S/C14H20N2O6/c1-8-6-16(13(18)15-11(8)17)12-9-10(20-3)14(22-12,7-19-2)4-5-21-9/h6,9-10,12H,4-5,7H2,1-3H3,(H,15,17,18)/t9-,10?,12+,14-/m0/s1. The van der Waals surface area contributed by atoms with Crippen LogP contribution in [0.1, 0.15) is 18.2 Å². The van der Waals surface area contributed by atoms with Crippen molar-refractivity contribution in [2.75, 3.05) is 27.4 Å². The Morgan fingerprint density at radius 2 is 2.23 bits per heavy atom. The Morgan fingerprint density at radius 1 is 1.45 bits per heavy atom. The lowest BCUT2D eigenvalue weighted by Gasteiger charge is -2.37. The van der Waals surface area contributed by atoms with Crippen LogP contribution in [0.15, 0.2) is 15.8 Å². The Bertz CT molecular complexity index is 664. The van der Waals surface area contributed by atoms with Crippen molar-refractivity contribution in [1.82, 2.24) is 9.55 Å². The van der Waals surface area contributed by atoms with E-state index in [0.717, 1.165) is 0 Å². The highest BCUT2D eigenvalue weighted by molar-refractivity contribution is 5.08. The van der Waals surface area contributed by atoms with Gasteiger partial charge in [-0.1, -0.05) is 0 Å². The molecule has 3 heterocycles. The van der Waals surface area contributed by atoms with Crippen LogP contribution in [0.3, 0.4) is 0 Å². The number of aromatic amines is 1. The fraction of sp³-hybridized carbons (Fsp3) is 0.714. The van der Waals surface area contributed by atoms with E-state index in [1.54, 1.807) is 21.1 Å². The first-order chi connectivity index (χ1) is 10.5. The van der Waals surface area contributed by atoms with E-state index in [-0.39, 0.29) is 6.10 Å². The molecule has 22 heavy (non-hydrogen) atoms. The minimum Gasteiger partial charge on any atom is -0.382 e. The largest absolute Gasteiger partial charge is 0.382 e. The van der Waals surface area contributed by atoms with Crippen molar-refractivity contribution in [1.29, 1.82) is 0 Å². The number of hydrogen-bond donors (Lipinski definition) is 1. The topological polar surface area (TPSA) is 91.8 Å². The second-order valence-electron chi connectivity index (χ2n) is 5.73. The molecule has 8 nitrogen and oxygen atoms in total. The maximum Gasteiger partial charge on any atom is 0.330 e. The third-order valence-corrected chi connectivity index (χ3v) is 4.35. The molecule has 4 atom stereocenters. The number of ether oxygens (including phenoxy) is 4. The van der Waals surface area contributed by atoms with E-state index in [1.807, 2.05) is 0 Å². The van der Waals surface area contributed by atoms with Gasteiger partial charge in [-0.3, -0.25) is 14.3 Å². The van der Waals surface area contributed by atoms with Crippen molar-refractivity contribution in [3.63, 3.8) is 0 Å². The van der Waals surface area contributed by atoms with E-state index in [0.29, 0.717) is 25.2 Å². The van der Waals surface area contributed by atoms with E-state index in [4.69, 9.17) is 18.9 Å². The lowest BCUT2D eigenvalue weighted by atomic mass is 9.90. The van der Waals surface area contributed by atoms with Crippen LogP contribution in [0.2, 0.25) is 0 Å². The smallest absolute Gasteiger partial charge is 0.330 e. The monoisotopic (exact) mass is 312 g/mol. The lowest BCUT2D eigenvalue weighted by molar-refractivity contribution is -0.159. The third-order valence-electron chi connectivity index (χ3n) is 4.35. The number of nitrogens with zero attached hydrogens (tertiary/aromatic N) is 1. The van der Waals surface area contributed by atoms with Gasteiger partial charge >= 0.3 is 5.69 Å². The van der Waals surface area contributed by atoms with Gasteiger partial charge in [0.25, 0.3) is 5.56 Å². The third kappa shape index (κ3) is 2.23. The number of hydrogen-bond acceptors (Lipinski definition) is 6.